The Balaban J connectivity index is 1.55. The Morgan fingerprint density at radius 1 is 1.00 bits per heavy atom. The van der Waals surface area contributed by atoms with E-state index < -0.39 is 18.1 Å². The molecule has 184 valence electrons. The van der Waals surface area contributed by atoms with E-state index in [0.29, 0.717) is 12.8 Å². The minimum Gasteiger partial charge on any atom is -0.447 e. The third-order valence-electron chi connectivity index (χ3n) is 6.29. The zero-order valence-corrected chi connectivity index (χ0v) is 20.4. The molecule has 2 rings (SSSR count). The van der Waals surface area contributed by atoms with Crippen molar-refractivity contribution >= 4 is 12.0 Å². The van der Waals surface area contributed by atoms with E-state index in [0.717, 1.165) is 42.6 Å². The lowest BCUT2D eigenvalue weighted by Gasteiger charge is -2.22. The zero-order valence-electron chi connectivity index (χ0n) is 20.4. The summed E-state index contributed by atoms with van der Waals surface area (Å²) < 4.78 is 5.10. The van der Waals surface area contributed by atoms with Crippen LogP contribution in [0.4, 0.5) is 4.79 Å². The highest BCUT2D eigenvalue weighted by Crippen LogP contribution is 2.20. The van der Waals surface area contributed by atoms with Gasteiger partial charge in [-0.05, 0) is 44.1 Å². The Hall–Kier alpha value is -2.14. The molecule has 33 heavy (non-hydrogen) atoms. The van der Waals surface area contributed by atoms with Gasteiger partial charge in [-0.25, -0.2) is 9.69 Å². The van der Waals surface area contributed by atoms with Crippen LogP contribution in [0.3, 0.4) is 0 Å². The molecule has 2 amide bonds. The summed E-state index contributed by atoms with van der Waals surface area (Å²) in [6.07, 6.45) is 18.0. The smallest absolute Gasteiger partial charge is 0.417 e. The monoisotopic (exact) mass is 457 g/mol. The third kappa shape index (κ3) is 10.6. The molecule has 1 aliphatic rings. The summed E-state index contributed by atoms with van der Waals surface area (Å²) >= 11 is 0. The number of imide groups is 1. The van der Waals surface area contributed by atoms with Crippen molar-refractivity contribution in [3.63, 3.8) is 0 Å². The van der Waals surface area contributed by atoms with Crippen LogP contribution >= 0.6 is 0 Å². The summed E-state index contributed by atoms with van der Waals surface area (Å²) in [7, 11) is 0. The van der Waals surface area contributed by atoms with Crippen LogP contribution in [0, 0.1) is 0 Å². The van der Waals surface area contributed by atoms with Gasteiger partial charge in [0.2, 0.25) is 0 Å². The van der Waals surface area contributed by atoms with Crippen molar-refractivity contribution < 1.29 is 19.4 Å². The van der Waals surface area contributed by atoms with Gasteiger partial charge in [-0.1, -0.05) is 101 Å². The molecule has 0 unspecified atom stereocenters. The number of ether oxygens (including phenoxy) is 1. The van der Waals surface area contributed by atoms with E-state index in [9.17, 15) is 14.7 Å². The van der Waals surface area contributed by atoms with E-state index in [1.807, 2.05) is 30.3 Å². The molecule has 1 heterocycles. The first-order chi connectivity index (χ1) is 16.1. The number of nitrogens with zero attached hydrogens (tertiary/aromatic N) is 1. The SMILES string of the molecule is CCCCCCCC/C=C\CCCCCC[C@@H](O)C(=O)N1C(=O)OC[C@H]1Cc1ccccc1. The van der Waals surface area contributed by atoms with E-state index in [1.165, 1.54) is 44.9 Å². The van der Waals surface area contributed by atoms with Gasteiger partial charge in [0.05, 0.1) is 6.04 Å². The maximum atomic E-state index is 12.7. The second-order valence-corrected chi connectivity index (χ2v) is 9.16. The summed E-state index contributed by atoms with van der Waals surface area (Å²) in [6, 6.07) is 9.36. The average molecular weight is 458 g/mol. The summed E-state index contributed by atoms with van der Waals surface area (Å²) in [5.41, 5.74) is 1.04. The Morgan fingerprint density at radius 2 is 1.61 bits per heavy atom. The standard InChI is InChI=1S/C28H43NO4/c1-2-3-4-5-6-7-8-9-10-11-12-13-14-18-21-26(30)27(31)29-25(23-33-28(29)32)22-24-19-16-15-17-20-24/h9-10,15-17,19-20,25-26,30H,2-8,11-14,18,21-23H2,1H3/b10-9-/t25-,26-/m1/s1. The molecule has 5 heteroatoms. The van der Waals surface area contributed by atoms with Gasteiger partial charge < -0.3 is 9.84 Å². The maximum Gasteiger partial charge on any atom is 0.417 e. The van der Waals surface area contributed by atoms with Gasteiger partial charge in [-0.3, -0.25) is 4.79 Å². The number of aliphatic hydroxyl groups is 1. The first-order valence-electron chi connectivity index (χ1n) is 13.0. The number of amides is 2. The molecule has 1 aromatic carbocycles. The predicted molar refractivity (Wildman–Crippen MR) is 133 cm³/mol. The molecule has 5 nitrogen and oxygen atoms in total. The maximum absolute atomic E-state index is 12.7. The first kappa shape index (κ1) is 27.1. The van der Waals surface area contributed by atoms with Crippen molar-refractivity contribution in [1.82, 2.24) is 4.90 Å². The molecular formula is C28H43NO4. The lowest BCUT2D eigenvalue weighted by Crippen LogP contribution is -2.45. The van der Waals surface area contributed by atoms with Gasteiger partial charge in [-0.15, -0.1) is 0 Å². The molecule has 1 aromatic rings. The molecule has 0 bridgehead atoms. The predicted octanol–water partition coefficient (Wildman–Crippen LogP) is 6.58. The van der Waals surface area contributed by atoms with Crippen molar-refractivity contribution in [3.05, 3.63) is 48.0 Å². The van der Waals surface area contributed by atoms with Gasteiger partial charge >= 0.3 is 6.09 Å². The second kappa shape index (κ2) is 16.5. The second-order valence-electron chi connectivity index (χ2n) is 9.16. The van der Waals surface area contributed by atoms with Crippen molar-refractivity contribution in [3.8, 4) is 0 Å². The van der Waals surface area contributed by atoms with Crippen LogP contribution in [0.1, 0.15) is 96.0 Å². The molecule has 0 spiro atoms. The molecule has 1 N–H and O–H groups in total. The molecular weight excluding hydrogens is 414 g/mol. The molecule has 0 saturated carbocycles. The van der Waals surface area contributed by atoms with Crippen molar-refractivity contribution in [2.45, 2.75) is 109 Å². The number of allylic oxidation sites excluding steroid dienone is 2. The van der Waals surface area contributed by atoms with E-state index in [-0.39, 0.29) is 12.6 Å². The van der Waals surface area contributed by atoms with Crippen LogP contribution in [-0.4, -0.2) is 40.8 Å². The fourth-order valence-corrected chi connectivity index (χ4v) is 4.28. The van der Waals surface area contributed by atoms with E-state index >= 15 is 0 Å². The first-order valence-corrected chi connectivity index (χ1v) is 13.0. The number of aliphatic hydroxyl groups excluding tert-OH is 1. The zero-order chi connectivity index (χ0) is 23.7. The topological polar surface area (TPSA) is 66.8 Å². The van der Waals surface area contributed by atoms with Gasteiger partial charge in [0.25, 0.3) is 5.91 Å². The lowest BCUT2D eigenvalue weighted by atomic mass is 10.0. The minimum absolute atomic E-state index is 0.179. The highest BCUT2D eigenvalue weighted by molar-refractivity contribution is 5.95. The van der Waals surface area contributed by atoms with Crippen LogP contribution in [0.2, 0.25) is 0 Å². The normalized spacial score (nSPS) is 17.0. The number of rotatable bonds is 17. The summed E-state index contributed by atoms with van der Waals surface area (Å²) in [6.45, 7) is 2.43. The Kier molecular flexibility index (Phi) is 13.5. The van der Waals surface area contributed by atoms with Gasteiger partial charge in [-0.2, -0.15) is 0 Å². The van der Waals surface area contributed by atoms with Gasteiger partial charge in [0, 0.05) is 0 Å². The average Bonchev–Trinajstić information content (AvgIpc) is 3.18. The number of benzene rings is 1. The number of unbranched alkanes of at least 4 members (excludes halogenated alkanes) is 10. The Morgan fingerprint density at radius 3 is 2.27 bits per heavy atom. The number of hydrogen-bond acceptors (Lipinski definition) is 4. The molecule has 0 radical (unpaired) electrons. The number of carbonyl (C=O) groups is 2. The third-order valence-corrected chi connectivity index (χ3v) is 6.29. The van der Waals surface area contributed by atoms with E-state index in [1.54, 1.807) is 0 Å². The molecule has 1 fully saturated rings. The molecule has 1 saturated heterocycles. The number of hydrogen-bond donors (Lipinski definition) is 1. The van der Waals surface area contributed by atoms with Crippen LogP contribution in [-0.2, 0) is 16.0 Å². The van der Waals surface area contributed by atoms with Crippen molar-refractivity contribution in [2.24, 2.45) is 0 Å². The highest BCUT2D eigenvalue weighted by Gasteiger charge is 2.40. The number of cyclic esters (lactones) is 1. The van der Waals surface area contributed by atoms with E-state index in [4.69, 9.17) is 4.74 Å². The number of carbonyl (C=O) groups excluding carboxylic acids is 2. The van der Waals surface area contributed by atoms with Crippen LogP contribution in [0.5, 0.6) is 0 Å². The quantitative estimate of drug-likeness (QED) is 0.212. The van der Waals surface area contributed by atoms with Crippen molar-refractivity contribution in [2.75, 3.05) is 6.61 Å². The fourth-order valence-electron chi connectivity index (χ4n) is 4.28. The Bertz CT molecular complexity index is 703. The van der Waals surface area contributed by atoms with E-state index in [2.05, 4.69) is 19.1 Å². The molecule has 0 aromatic heterocycles. The fraction of sp³-hybridized carbons (Fsp3) is 0.643. The van der Waals surface area contributed by atoms with Crippen LogP contribution < -0.4 is 0 Å². The Labute approximate surface area is 200 Å². The minimum atomic E-state index is -1.15. The summed E-state index contributed by atoms with van der Waals surface area (Å²) in [4.78, 5) is 25.9. The molecule has 1 aliphatic heterocycles. The van der Waals surface area contributed by atoms with Gasteiger partial charge in [0.15, 0.2) is 0 Å². The molecule has 0 aliphatic carbocycles. The summed E-state index contributed by atoms with van der Waals surface area (Å²) in [5.74, 6) is -0.531. The van der Waals surface area contributed by atoms with Gasteiger partial charge in [0.1, 0.15) is 12.7 Å². The highest BCUT2D eigenvalue weighted by atomic mass is 16.6. The lowest BCUT2D eigenvalue weighted by molar-refractivity contribution is -0.138. The van der Waals surface area contributed by atoms with Crippen molar-refractivity contribution in [1.29, 1.82) is 0 Å². The summed E-state index contributed by atoms with van der Waals surface area (Å²) in [5, 5.41) is 10.4. The van der Waals surface area contributed by atoms with Crippen LogP contribution in [0.15, 0.2) is 42.5 Å². The van der Waals surface area contributed by atoms with Crippen LogP contribution in [0.25, 0.3) is 0 Å². The largest absolute Gasteiger partial charge is 0.447 e. The molecule has 2 atom stereocenters.